The minimum atomic E-state index is -0.0641. The van der Waals surface area contributed by atoms with Crippen molar-refractivity contribution in [2.24, 2.45) is 0 Å². The van der Waals surface area contributed by atoms with Crippen LogP contribution in [0.15, 0.2) is 48.5 Å². The molecule has 6 nitrogen and oxygen atoms in total. The second-order valence-corrected chi connectivity index (χ2v) is 6.75. The van der Waals surface area contributed by atoms with Crippen LogP contribution in [0.5, 0.6) is 0 Å². The van der Waals surface area contributed by atoms with E-state index in [1.165, 1.54) is 0 Å². The summed E-state index contributed by atoms with van der Waals surface area (Å²) in [7, 11) is 0. The molecule has 0 radical (unpaired) electrons. The van der Waals surface area contributed by atoms with Crippen LogP contribution in [-0.2, 0) is 11.3 Å². The van der Waals surface area contributed by atoms with Crippen molar-refractivity contribution in [1.29, 1.82) is 0 Å². The van der Waals surface area contributed by atoms with Gasteiger partial charge in [0.15, 0.2) is 0 Å². The highest BCUT2D eigenvalue weighted by Gasteiger charge is 2.23. The first-order chi connectivity index (χ1) is 12.7. The molecule has 1 saturated heterocycles. The molecule has 2 unspecified atom stereocenters. The minimum absolute atomic E-state index is 0.0196. The molecule has 2 atom stereocenters. The number of carbonyl (C=O) groups is 1. The van der Waals surface area contributed by atoms with E-state index in [0.29, 0.717) is 12.1 Å². The summed E-state index contributed by atoms with van der Waals surface area (Å²) in [6, 6.07) is 15.5. The van der Waals surface area contributed by atoms with Crippen molar-refractivity contribution < 1.29 is 9.53 Å². The second kappa shape index (κ2) is 7.25. The first-order valence-corrected chi connectivity index (χ1v) is 9.00. The quantitative estimate of drug-likeness (QED) is 0.768. The van der Waals surface area contributed by atoms with E-state index < -0.39 is 0 Å². The topological polar surface area (TPSA) is 69.0 Å². The predicted octanol–water partition coefficient (Wildman–Crippen LogP) is 2.78. The number of hydrogen-bond acceptors (Lipinski definition) is 4. The van der Waals surface area contributed by atoms with Crippen LogP contribution in [-0.4, -0.2) is 39.7 Å². The number of hydrogen-bond donors (Lipinski definition) is 1. The SMILES string of the molecule is CC(NC(=O)c1ccc(Cn2nnc3ccccc32)cc1)C1CCCO1. The molecule has 3 aromatic rings. The molecule has 0 saturated carbocycles. The van der Waals surface area contributed by atoms with Crippen molar-refractivity contribution in [2.75, 3.05) is 6.61 Å². The number of nitrogens with zero attached hydrogens (tertiary/aromatic N) is 3. The van der Waals surface area contributed by atoms with Crippen molar-refractivity contribution in [1.82, 2.24) is 20.3 Å². The Morgan fingerprint density at radius 2 is 2.08 bits per heavy atom. The number of nitrogens with one attached hydrogen (secondary N) is 1. The van der Waals surface area contributed by atoms with Gasteiger partial charge in [0.25, 0.3) is 5.91 Å². The zero-order chi connectivity index (χ0) is 17.9. The third-order valence-corrected chi connectivity index (χ3v) is 4.85. The van der Waals surface area contributed by atoms with Crippen molar-refractivity contribution in [3.8, 4) is 0 Å². The lowest BCUT2D eigenvalue weighted by molar-refractivity contribution is 0.0712. The summed E-state index contributed by atoms with van der Waals surface area (Å²) < 4.78 is 7.50. The summed E-state index contributed by atoms with van der Waals surface area (Å²) in [4.78, 5) is 12.4. The summed E-state index contributed by atoms with van der Waals surface area (Å²) in [5.74, 6) is -0.0641. The third-order valence-electron chi connectivity index (χ3n) is 4.85. The fourth-order valence-electron chi connectivity index (χ4n) is 3.35. The lowest BCUT2D eigenvalue weighted by atomic mass is 10.1. The van der Waals surface area contributed by atoms with Crippen LogP contribution in [0.1, 0.15) is 35.7 Å². The fraction of sp³-hybridized carbons (Fsp3) is 0.350. The molecule has 4 rings (SSSR count). The van der Waals surface area contributed by atoms with E-state index in [1.54, 1.807) is 0 Å². The highest BCUT2D eigenvalue weighted by molar-refractivity contribution is 5.94. The molecule has 0 aliphatic carbocycles. The number of aromatic nitrogens is 3. The molecule has 1 fully saturated rings. The van der Waals surface area contributed by atoms with Gasteiger partial charge in [-0.25, -0.2) is 4.68 Å². The largest absolute Gasteiger partial charge is 0.376 e. The highest BCUT2D eigenvalue weighted by Crippen LogP contribution is 2.16. The smallest absolute Gasteiger partial charge is 0.251 e. The normalized spacial score (nSPS) is 18.1. The van der Waals surface area contributed by atoms with Crippen molar-refractivity contribution >= 4 is 16.9 Å². The van der Waals surface area contributed by atoms with Crippen molar-refractivity contribution in [3.63, 3.8) is 0 Å². The van der Waals surface area contributed by atoms with E-state index in [4.69, 9.17) is 4.74 Å². The highest BCUT2D eigenvalue weighted by atomic mass is 16.5. The molecule has 1 amide bonds. The first-order valence-electron chi connectivity index (χ1n) is 9.00. The molecule has 2 heterocycles. The molecule has 1 aliphatic heterocycles. The summed E-state index contributed by atoms with van der Waals surface area (Å²) in [5, 5.41) is 11.4. The zero-order valence-corrected chi connectivity index (χ0v) is 14.8. The lowest BCUT2D eigenvalue weighted by Gasteiger charge is -2.20. The Hall–Kier alpha value is -2.73. The average molecular weight is 350 g/mol. The van der Waals surface area contributed by atoms with Gasteiger partial charge in [-0.15, -0.1) is 5.10 Å². The van der Waals surface area contributed by atoms with Crippen LogP contribution in [0, 0.1) is 0 Å². The molecule has 0 spiro atoms. The zero-order valence-electron chi connectivity index (χ0n) is 14.8. The fourth-order valence-corrected chi connectivity index (χ4v) is 3.35. The summed E-state index contributed by atoms with van der Waals surface area (Å²) in [6.07, 6.45) is 2.20. The molecule has 2 aromatic carbocycles. The van der Waals surface area contributed by atoms with Crippen LogP contribution >= 0.6 is 0 Å². The summed E-state index contributed by atoms with van der Waals surface area (Å²) in [5.41, 5.74) is 3.61. The Labute approximate surface area is 152 Å². The van der Waals surface area contributed by atoms with Crippen LogP contribution < -0.4 is 5.32 Å². The van der Waals surface area contributed by atoms with Crippen LogP contribution in [0.3, 0.4) is 0 Å². The summed E-state index contributed by atoms with van der Waals surface area (Å²) >= 11 is 0. The van der Waals surface area contributed by atoms with E-state index in [2.05, 4.69) is 15.6 Å². The van der Waals surface area contributed by atoms with E-state index in [9.17, 15) is 4.79 Å². The van der Waals surface area contributed by atoms with Gasteiger partial charge in [-0.2, -0.15) is 0 Å². The van der Waals surface area contributed by atoms with Crippen molar-refractivity contribution in [2.45, 2.75) is 38.5 Å². The van der Waals surface area contributed by atoms with Gasteiger partial charge >= 0.3 is 0 Å². The molecule has 1 N–H and O–H groups in total. The Morgan fingerprint density at radius 1 is 1.27 bits per heavy atom. The number of fused-ring (bicyclic) bond motifs is 1. The van der Waals surface area contributed by atoms with Crippen LogP contribution in [0.4, 0.5) is 0 Å². The molecular formula is C20H22N4O2. The number of benzene rings is 2. The maximum atomic E-state index is 12.4. The van der Waals surface area contributed by atoms with E-state index in [0.717, 1.165) is 36.0 Å². The van der Waals surface area contributed by atoms with E-state index in [1.807, 2.05) is 60.1 Å². The van der Waals surface area contributed by atoms with Gasteiger partial charge in [0.2, 0.25) is 0 Å². The van der Waals surface area contributed by atoms with Crippen LogP contribution in [0.2, 0.25) is 0 Å². The monoisotopic (exact) mass is 350 g/mol. The number of carbonyl (C=O) groups excluding carboxylic acids is 1. The molecule has 1 aromatic heterocycles. The molecule has 1 aliphatic rings. The molecule has 6 heteroatoms. The van der Waals surface area contributed by atoms with E-state index in [-0.39, 0.29) is 18.1 Å². The third kappa shape index (κ3) is 3.46. The van der Waals surface area contributed by atoms with Gasteiger partial charge in [0.05, 0.1) is 24.2 Å². The lowest BCUT2D eigenvalue weighted by Crippen LogP contribution is -2.40. The molecular weight excluding hydrogens is 328 g/mol. The number of para-hydroxylation sites is 1. The van der Waals surface area contributed by atoms with Gasteiger partial charge < -0.3 is 10.1 Å². The Morgan fingerprint density at radius 3 is 2.85 bits per heavy atom. The van der Waals surface area contributed by atoms with Crippen molar-refractivity contribution in [3.05, 3.63) is 59.7 Å². The minimum Gasteiger partial charge on any atom is -0.376 e. The standard InChI is InChI=1S/C20H22N4O2/c1-14(19-7-4-12-26-19)21-20(25)16-10-8-15(9-11-16)13-24-18-6-3-2-5-17(18)22-23-24/h2-3,5-6,8-11,14,19H,4,7,12-13H2,1H3,(H,21,25). The van der Waals surface area contributed by atoms with Gasteiger partial charge in [-0.1, -0.05) is 29.5 Å². The average Bonchev–Trinajstić information content (AvgIpc) is 3.33. The second-order valence-electron chi connectivity index (χ2n) is 6.75. The van der Waals surface area contributed by atoms with Gasteiger partial charge in [0.1, 0.15) is 5.52 Å². The van der Waals surface area contributed by atoms with Gasteiger partial charge in [-0.3, -0.25) is 4.79 Å². The Bertz CT molecular complexity index is 898. The molecule has 134 valence electrons. The number of amides is 1. The predicted molar refractivity (Wildman–Crippen MR) is 99.0 cm³/mol. The Kier molecular flexibility index (Phi) is 4.67. The number of rotatable bonds is 5. The molecule has 26 heavy (non-hydrogen) atoms. The van der Waals surface area contributed by atoms with E-state index >= 15 is 0 Å². The van der Waals surface area contributed by atoms with Crippen LogP contribution in [0.25, 0.3) is 11.0 Å². The summed E-state index contributed by atoms with van der Waals surface area (Å²) in [6.45, 7) is 3.41. The molecule has 0 bridgehead atoms. The van der Waals surface area contributed by atoms with Gasteiger partial charge in [-0.05, 0) is 49.6 Å². The maximum absolute atomic E-state index is 12.4. The first kappa shape index (κ1) is 16.7. The number of ether oxygens (including phenoxy) is 1. The Balaban J connectivity index is 1.42. The van der Waals surface area contributed by atoms with Gasteiger partial charge in [0, 0.05) is 12.2 Å². The maximum Gasteiger partial charge on any atom is 0.251 e.